The number of carbonyl (C=O) groups is 2. The van der Waals surface area contributed by atoms with E-state index in [1.807, 2.05) is 29.2 Å². The molecule has 0 aliphatic carbocycles. The number of benzene rings is 1. The highest BCUT2D eigenvalue weighted by atomic mass is 35.5. The standard InChI is InChI=1S/C17H25N3O3.ClH/c1-23-9-7-18-12-16(21)19-11-14-4-2-5-15(10-14)13-20-8-3-6-17(20)22;/h2,4-5,10,18H,3,6-9,11-13H2,1H3,(H,19,21);1H. The predicted octanol–water partition coefficient (Wildman–Crippen LogP) is 1.08. The number of nitrogens with one attached hydrogen (secondary N) is 2. The minimum absolute atomic E-state index is 0. The first-order valence-electron chi connectivity index (χ1n) is 8.01. The number of halogens is 1. The van der Waals surface area contributed by atoms with E-state index in [1.54, 1.807) is 7.11 Å². The number of amides is 2. The molecule has 1 saturated heterocycles. The van der Waals surface area contributed by atoms with Crippen LogP contribution in [0.4, 0.5) is 0 Å². The molecule has 0 unspecified atom stereocenters. The number of methoxy groups -OCH3 is 1. The summed E-state index contributed by atoms with van der Waals surface area (Å²) >= 11 is 0. The minimum Gasteiger partial charge on any atom is -0.383 e. The lowest BCUT2D eigenvalue weighted by molar-refractivity contribution is -0.128. The lowest BCUT2D eigenvalue weighted by Crippen LogP contribution is -2.34. The summed E-state index contributed by atoms with van der Waals surface area (Å²) in [4.78, 5) is 25.3. The third kappa shape index (κ3) is 6.86. The molecule has 1 fully saturated rings. The molecule has 1 aromatic carbocycles. The second-order valence-electron chi connectivity index (χ2n) is 5.69. The maximum absolute atomic E-state index is 11.7. The molecule has 0 radical (unpaired) electrons. The van der Waals surface area contributed by atoms with Gasteiger partial charge in [0.15, 0.2) is 0 Å². The van der Waals surface area contributed by atoms with Crippen molar-refractivity contribution in [3.05, 3.63) is 35.4 Å². The van der Waals surface area contributed by atoms with Crippen molar-refractivity contribution in [2.75, 3.05) is 33.4 Å². The van der Waals surface area contributed by atoms with Gasteiger partial charge in [-0.05, 0) is 17.5 Å². The van der Waals surface area contributed by atoms with Crippen LogP contribution in [-0.2, 0) is 27.4 Å². The van der Waals surface area contributed by atoms with Gasteiger partial charge in [-0.3, -0.25) is 9.59 Å². The molecule has 24 heavy (non-hydrogen) atoms. The first kappa shape index (κ1) is 20.4. The molecule has 1 aromatic rings. The highest BCUT2D eigenvalue weighted by Crippen LogP contribution is 2.15. The van der Waals surface area contributed by atoms with Crippen molar-refractivity contribution in [2.45, 2.75) is 25.9 Å². The molecule has 2 N–H and O–H groups in total. The second kappa shape index (κ2) is 11.0. The maximum atomic E-state index is 11.7. The van der Waals surface area contributed by atoms with E-state index in [9.17, 15) is 9.59 Å². The SMILES string of the molecule is COCCNCC(=O)NCc1cccc(CN2CCCC2=O)c1.Cl. The lowest BCUT2D eigenvalue weighted by Gasteiger charge is -2.16. The number of hydrogen-bond acceptors (Lipinski definition) is 4. The van der Waals surface area contributed by atoms with Crippen molar-refractivity contribution < 1.29 is 14.3 Å². The molecule has 134 valence electrons. The van der Waals surface area contributed by atoms with Crippen LogP contribution >= 0.6 is 12.4 Å². The molecule has 1 aliphatic heterocycles. The third-order valence-electron chi connectivity index (χ3n) is 3.79. The quantitative estimate of drug-likeness (QED) is 0.650. The van der Waals surface area contributed by atoms with Crippen molar-refractivity contribution >= 4 is 24.2 Å². The predicted molar refractivity (Wildman–Crippen MR) is 94.9 cm³/mol. The number of ether oxygens (including phenoxy) is 1. The van der Waals surface area contributed by atoms with Crippen molar-refractivity contribution in [1.82, 2.24) is 15.5 Å². The molecule has 1 heterocycles. The average molecular weight is 356 g/mol. The smallest absolute Gasteiger partial charge is 0.234 e. The minimum atomic E-state index is -0.0405. The van der Waals surface area contributed by atoms with Gasteiger partial charge in [-0.2, -0.15) is 0 Å². The Hall–Kier alpha value is -1.63. The van der Waals surface area contributed by atoms with E-state index < -0.39 is 0 Å². The summed E-state index contributed by atoms with van der Waals surface area (Å²) in [5.41, 5.74) is 2.14. The largest absolute Gasteiger partial charge is 0.383 e. The summed E-state index contributed by atoms with van der Waals surface area (Å²) in [5, 5.41) is 5.89. The monoisotopic (exact) mass is 355 g/mol. The van der Waals surface area contributed by atoms with E-state index in [0.29, 0.717) is 32.7 Å². The Morgan fingerprint density at radius 1 is 1.33 bits per heavy atom. The summed E-state index contributed by atoms with van der Waals surface area (Å²) in [6.45, 7) is 3.51. The van der Waals surface area contributed by atoms with Crippen molar-refractivity contribution in [3.8, 4) is 0 Å². The molecule has 2 amide bonds. The van der Waals surface area contributed by atoms with E-state index in [0.717, 1.165) is 24.1 Å². The van der Waals surface area contributed by atoms with Gasteiger partial charge >= 0.3 is 0 Å². The van der Waals surface area contributed by atoms with Crippen LogP contribution in [0.2, 0.25) is 0 Å². The van der Waals surface area contributed by atoms with Crippen molar-refractivity contribution in [3.63, 3.8) is 0 Å². The van der Waals surface area contributed by atoms with Gasteiger partial charge < -0.3 is 20.3 Å². The fraction of sp³-hybridized carbons (Fsp3) is 0.529. The number of nitrogens with zero attached hydrogens (tertiary/aromatic N) is 1. The number of rotatable bonds is 9. The molecular weight excluding hydrogens is 330 g/mol. The van der Waals surface area contributed by atoms with E-state index in [1.165, 1.54) is 0 Å². The molecule has 7 heteroatoms. The second-order valence-corrected chi connectivity index (χ2v) is 5.69. The van der Waals surface area contributed by atoms with Gasteiger partial charge in [0.2, 0.25) is 11.8 Å². The number of hydrogen-bond donors (Lipinski definition) is 2. The molecule has 0 spiro atoms. The van der Waals surface area contributed by atoms with Crippen LogP contribution in [-0.4, -0.2) is 50.1 Å². The molecule has 0 bridgehead atoms. The van der Waals surface area contributed by atoms with Gasteiger partial charge in [-0.1, -0.05) is 24.3 Å². The fourth-order valence-corrected chi connectivity index (χ4v) is 2.57. The Labute approximate surface area is 149 Å². The highest BCUT2D eigenvalue weighted by molar-refractivity contribution is 5.85. The zero-order valence-corrected chi connectivity index (χ0v) is 14.9. The zero-order chi connectivity index (χ0) is 16.5. The van der Waals surface area contributed by atoms with Crippen LogP contribution < -0.4 is 10.6 Å². The Morgan fingerprint density at radius 3 is 2.83 bits per heavy atom. The average Bonchev–Trinajstić information content (AvgIpc) is 2.95. The van der Waals surface area contributed by atoms with Gasteiger partial charge in [-0.25, -0.2) is 0 Å². The Morgan fingerprint density at radius 2 is 2.12 bits per heavy atom. The summed E-state index contributed by atoms with van der Waals surface area (Å²) < 4.78 is 4.91. The van der Waals surface area contributed by atoms with E-state index in [2.05, 4.69) is 10.6 Å². The number of carbonyl (C=O) groups excluding carboxylic acids is 2. The summed E-state index contributed by atoms with van der Waals surface area (Å²) in [6.07, 6.45) is 1.61. The van der Waals surface area contributed by atoms with Crippen LogP contribution in [0, 0.1) is 0 Å². The first-order chi connectivity index (χ1) is 11.2. The van der Waals surface area contributed by atoms with Crippen LogP contribution in [0.5, 0.6) is 0 Å². The maximum Gasteiger partial charge on any atom is 0.234 e. The van der Waals surface area contributed by atoms with Crippen LogP contribution in [0.3, 0.4) is 0 Å². The molecule has 2 rings (SSSR count). The normalized spacial score (nSPS) is 13.7. The topological polar surface area (TPSA) is 70.7 Å². The van der Waals surface area contributed by atoms with Gasteiger partial charge in [0.05, 0.1) is 13.2 Å². The molecular formula is C17H26ClN3O3. The molecule has 6 nitrogen and oxygen atoms in total. The Kier molecular flexibility index (Phi) is 9.37. The third-order valence-corrected chi connectivity index (χ3v) is 3.79. The van der Waals surface area contributed by atoms with Crippen molar-refractivity contribution in [2.24, 2.45) is 0 Å². The highest BCUT2D eigenvalue weighted by Gasteiger charge is 2.19. The number of likely N-dealkylation sites (tertiary alicyclic amines) is 1. The summed E-state index contributed by atoms with van der Waals surface area (Å²) in [7, 11) is 1.63. The Bertz CT molecular complexity index is 540. The van der Waals surface area contributed by atoms with E-state index >= 15 is 0 Å². The van der Waals surface area contributed by atoms with Crippen molar-refractivity contribution in [1.29, 1.82) is 0 Å². The molecule has 1 aliphatic rings. The van der Waals surface area contributed by atoms with Gasteiger partial charge in [-0.15, -0.1) is 12.4 Å². The Balaban J connectivity index is 0.00000288. The fourth-order valence-electron chi connectivity index (χ4n) is 2.57. The van der Waals surface area contributed by atoms with Gasteiger partial charge in [0.1, 0.15) is 0 Å². The van der Waals surface area contributed by atoms with Crippen LogP contribution in [0.25, 0.3) is 0 Å². The summed E-state index contributed by atoms with van der Waals surface area (Å²) in [5.74, 6) is 0.187. The van der Waals surface area contributed by atoms with E-state index in [-0.39, 0.29) is 30.8 Å². The van der Waals surface area contributed by atoms with Crippen LogP contribution in [0.1, 0.15) is 24.0 Å². The first-order valence-corrected chi connectivity index (χ1v) is 8.01. The van der Waals surface area contributed by atoms with Gasteiger partial charge in [0.25, 0.3) is 0 Å². The molecule has 0 atom stereocenters. The molecule has 0 saturated carbocycles. The zero-order valence-electron chi connectivity index (χ0n) is 14.0. The van der Waals surface area contributed by atoms with Crippen LogP contribution in [0.15, 0.2) is 24.3 Å². The van der Waals surface area contributed by atoms with Gasteiger partial charge in [0, 0.05) is 39.7 Å². The summed E-state index contributed by atoms with van der Waals surface area (Å²) in [6, 6.07) is 8.01. The lowest BCUT2D eigenvalue weighted by atomic mass is 10.1. The molecule has 0 aromatic heterocycles. The van der Waals surface area contributed by atoms with E-state index in [4.69, 9.17) is 4.74 Å².